The van der Waals surface area contributed by atoms with Gasteiger partial charge in [0.2, 0.25) is 0 Å². The number of amides is 2. The summed E-state index contributed by atoms with van der Waals surface area (Å²) in [7, 11) is 0. The van der Waals surface area contributed by atoms with E-state index in [0.717, 1.165) is 0 Å². The van der Waals surface area contributed by atoms with E-state index < -0.39 is 6.03 Å². The van der Waals surface area contributed by atoms with Crippen LogP contribution in [0.4, 0.5) is 4.79 Å². The second-order valence-corrected chi connectivity index (χ2v) is 2.14. The van der Waals surface area contributed by atoms with Crippen LogP contribution in [0.25, 0.3) is 0 Å². The van der Waals surface area contributed by atoms with Gasteiger partial charge in [-0.3, -0.25) is 4.98 Å². The zero-order valence-corrected chi connectivity index (χ0v) is 6.64. The number of aromatic nitrogens is 1. The van der Waals surface area contributed by atoms with E-state index >= 15 is 0 Å². The van der Waals surface area contributed by atoms with Gasteiger partial charge in [0.05, 0.1) is 6.21 Å². The predicted molar refractivity (Wildman–Crippen MR) is 46.2 cm³/mol. The van der Waals surface area contributed by atoms with Crippen LogP contribution in [0, 0.1) is 0 Å². The Kier molecular flexibility index (Phi) is 2.80. The monoisotopic (exact) mass is 180 g/mol. The number of aromatic hydroxyl groups is 1. The van der Waals surface area contributed by atoms with Crippen molar-refractivity contribution in [3.63, 3.8) is 0 Å². The van der Waals surface area contributed by atoms with E-state index in [-0.39, 0.29) is 11.4 Å². The third kappa shape index (κ3) is 2.78. The molecule has 68 valence electrons. The second-order valence-electron chi connectivity index (χ2n) is 2.14. The highest BCUT2D eigenvalue weighted by Gasteiger charge is 1.96. The SMILES string of the molecule is NC(=O)N/N=C/c1ncccc1O. The smallest absolute Gasteiger partial charge is 0.332 e. The minimum absolute atomic E-state index is 0.0162. The lowest BCUT2D eigenvalue weighted by Crippen LogP contribution is -2.24. The molecule has 0 aromatic carbocycles. The summed E-state index contributed by atoms with van der Waals surface area (Å²) in [5.41, 5.74) is 6.99. The number of hydrazone groups is 1. The number of carbonyl (C=O) groups is 1. The predicted octanol–water partition coefficient (Wildman–Crippen LogP) is -0.211. The molecule has 13 heavy (non-hydrogen) atoms. The van der Waals surface area contributed by atoms with Crippen molar-refractivity contribution in [2.24, 2.45) is 10.8 Å². The molecule has 2 amide bonds. The normalized spacial score (nSPS) is 10.2. The van der Waals surface area contributed by atoms with Crippen LogP contribution in [0.2, 0.25) is 0 Å². The number of hydrogen-bond acceptors (Lipinski definition) is 4. The molecule has 0 saturated carbocycles. The first kappa shape index (κ1) is 8.98. The Morgan fingerprint density at radius 1 is 1.77 bits per heavy atom. The summed E-state index contributed by atoms with van der Waals surface area (Å²) in [6.07, 6.45) is 2.69. The number of nitrogens with zero attached hydrogens (tertiary/aromatic N) is 2. The van der Waals surface area contributed by atoms with Crippen LogP contribution >= 0.6 is 0 Å². The molecule has 0 unspecified atom stereocenters. The summed E-state index contributed by atoms with van der Waals surface area (Å²) >= 11 is 0. The number of pyridine rings is 1. The minimum atomic E-state index is -0.772. The highest BCUT2D eigenvalue weighted by atomic mass is 16.3. The van der Waals surface area contributed by atoms with Crippen molar-refractivity contribution in [1.29, 1.82) is 0 Å². The quantitative estimate of drug-likeness (QED) is 0.433. The molecule has 1 rings (SSSR count). The summed E-state index contributed by atoms with van der Waals surface area (Å²) in [4.78, 5) is 14.0. The first-order valence-electron chi connectivity index (χ1n) is 3.42. The van der Waals surface area contributed by atoms with Gasteiger partial charge in [-0.15, -0.1) is 0 Å². The van der Waals surface area contributed by atoms with Gasteiger partial charge in [0.1, 0.15) is 11.4 Å². The zero-order chi connectivity index (χ0) is 9.68. The molecule has 0 bridgehead atoms. The lowest BCUT2D eigenvalue weighted by molar-refractivity contribution is 0.249. The number of primary amides is 1. The molecule has 4 N–H and O–H groups in total. The van der Waals surface area contributed by atoms with E-state index in [0.29, 0.717) is 0 Å². The van der Waals surface area contributed by atoms with Gasteiger partial charge in [0.15, 0.2) is 0 Å². The first-order chi connectivity index (χ1) is 6.20. The zero-order valence-electron chi connectivity index (χ0n) is 6.64. The van der Waals surface area contributed by atoms with Crippen molar-refractivity contribution in [3.05, 3.63) is 24.0 Å². The second kappa shape index (κ2) is 4.05. The van der Waals surface area contributed by atoms with Gasteiger partial charge in [-0.2, -0.15) is 5.10 Å². The Labute approximate surface area is 74.1 Å². The van der Waals surface area contributed by atoms with Crippen LogP contribution in [0.5, 0.6) is 5.75 Å². The van der Waals surface area contributed by atoms with Crippen molar-refractivity contribution in [3.8, 4) is 5.75 Å². The van der Waals surface area contributed by atoms with Crippen molar-refractivity contribution in [1.82, 2.24) is 10.4 Å². The molecular weight excluding hydrogens is 172 g/mol. The molecular formula is C7H8N4O2. The Balaban J connectivity index is 2.68. The number of carbonyl (C=O) groups excluding carboxylic acids is 1. The lowest BCUT2D eigenvalue weighted by atomic mass is 10.3. The van der Waals surface area contributed by atoms with E-state index in [9.17, 15) is 9.90 Å². The van der Waals surface area contributed by atoms with E-state index in [1.807, 2.05) is 5.43 Å². The largest absolute Gasteiger partial charge is 0.506 e. The maximum atomic E-state index is 10.2. The van der Waals surface area contributed by atoms with Crippen molar-refractivity contribution >= 4 is 12.2 Å². The fourth-order valence-corrected chi connectivity index (χ4v) is 0.666. The van der Waals surface area contributed by atoms with Gasteiger partial charge in [0.25, 0.3) is 0 Å². The molecule has 1 heterocycles. The number of nitrogens with one attached hydrogen (secondary N) is 1. The molecule has 0 aliphatic heterocycles. The third-order valence-corrected chi connectivity index (χ3v) is 1.18. The van der Waals surface area contributed by atoms with Crippen LogP contribution in [0.3, 0.4) is 0 Å². The summed E-state index contributed by atoms with van der Waals surface area (Å²) in [5.74, 6) is -0.0162. The average Bonchev–Trinajstić information content (AvgIpc) is 2.08. The molecule has 6 heteroatoms. The van der Waals surface area contributed by atoms with Gasteiger partial charge in [0, 0.05) is 6.20 Å². The third-order valence-electron chi connectivity index (χ3n) is 1.18. The van der Waals surface area contributed by atoms with Crippen LogP contribution in [0.1, 0.15) is 5.69 Å². The maximum Gasteiger partial charge on any atom is 0.332 e. The molecule has 1 aromatic rings. The van der Waals surface area contributed by atoms with E-state index in [2.05, 4.69) is 10.1 Å². The van der Waals surface area contributed by atoms with E-state index in [4.69, 9.17) is 5.73 Å². The fraction of sp³-hybridized carbons (Fsp3) is 0. The molecule has 6 nitrogen and oxygen atoms in total. The number of hydrogen-bond donors (Lipinski definition) is 3. The van der Waals surface area contributed by atoms with Crippen LogP contribution in [-0.2, 0) is 0 Å². The molecule has 0 radical (unpaired) electrons. The number of nitrogens with two attached hydrogens (primary N) is 1. The first-order valence-corrected chi connectivity index (χ1v) is 3.42. The van der Waals surface area contributed by atoms with Gasteiger partial charge in [-0.05, 0) is 12.1 Å². The molecule has 0 aliphatic carbocycles. The lowest BCUT2D eigenvalue weighted by Gasteiger charge is -1.95. The molecule has 0 atom stereocenters. The Morgan fingerprint density at radius 2 is 2.54 bits per heavy atom. The van der Waals surface area contributed by atoms with Gasteiger partial charge < -0.3 is 10.8 Å². The molecule has 1 aromatic heterocycles. The maximum absolute atomic E-state index is 10.2. The molecule has 0 spiro atoms. The van der Waals surface area contributed by atoms with Crippen LogP contribution in [-0.4, -0.2) is 22.3 Å². The van der Waals surface area contributed by atoms with Crippen molar-refractivity contribution in [2.45, 2.75) is 0 Å². The highest BCUT2D eigenvalue weighted by molar-refractivity contribution is 5.82. The Bertz CT molecular complexity index is 337. The van der Waals surface area contributed by atoms with E-state index in [1.54, 1.807) is 6.07 Å². The number of urea groups is 1. The summed E-state index contributed by atoms with van der Waals surface area (Å²) in [5, 5.41) is 12.6. The van der Waals surface area contributed by atoms with Crippen molar-refractivity contribution in [2.75, 3.05) is 0 Å². The molecule has 0 saturated heterocycles. The number of rotatable bonds is 2. The standard InChI is InChI=1S/C7H8N4O2/c8-7(13)11-10-4-5-6(12)2-1-3-9-5/h1-4,12H,(H3,8,11,13)/b10-4+. The molecule has 0 aliphatic rings. The highest BCUT2D eigenvalue weighted by Crippen LogP contribution is 2.08. The average molecular weight is 180 g/mol. The minimum Gasteiger partial charge on any atom is -0.506 e. The summed E-state index contributed by atoms with van der Waals surface area (Å²) in [6.45, 7) is 0. The summed E-state index contributed by atoms with van der Waals surface area (Å²) in [6, 6.07) is 2.26. The summed E-state index contributed by atoms with van der Waals surface area (Å²) < 4.78 is 0. The Hall–Kier alpha value is -2.11. The van der Waals surface area contributed by atoms with Crippen LogP contribution < -0.4 is 11.2 Å². The van der Waals surface area contributed by atoms with Crippen LogP contribution in [0.15, 0.2) is 23.4 Å². The van der Waals surface area contributed by atoms with Crippen molar-refractivity contribution < 1.29 is 9.90 Å². The van der Waals surface area contributed by atoms with Gasteiger partial charge in [-0.1, -0.05) is 0 Å². The van der Waals surface area contributed by atoms with Gasteiger partial charge >= 0.3 is 6.03 Å². The topological polar surface area (TPSA) is 101 Å². The van der Waals surface area contributed by atoms with E-state index in [1.165, 1.54) is 18.5 Å². The Morgan fingerprint density at radius 3 is 3.15 bits per heavy atom. The fourth-order valence-electron chi connectivity index (χ4n) is 0.666. The van der Waals surface area contributed by atoms with Gasteiger partial charge in [-0.25, -0.2) is 10.2 Å². The molecule has 0 fully saturated rings.